The van der Waals surface area contributed by atoms with Crippen LogP contribution in [0, 0.1) is 0 Å². The molecule has 1 N–H and O–H groups in total. The zero-order valence-corrected chi connectivity index (χ0v) is 14.1. The summed E-state index contributed by atoms with van der Waals surface area (Å²) in [6, 6.07) is 7.25. The van der Waals surface area contributed by atoms with Gasteiger partial charge in [-0.15, -0.1) is 0 Å². The summed E-state index contributed by atoms with van der Waals surface area (Å²) in [6.07, 6.45) is 0.779. The lowest BCUT2D eigenvalue weighted by Crippen LogP contribution is -2.30. The Kier molecular flexibility index (Phi) is 5.26. The third kappa shape index (κ3) is 3.69. The molecule has 2 aromatic rings. The Labute approximate surface area is 138 Å². The number of hydrogen-bond donors (Lipinski definition) is 1. The first-order chi connectivity index (χ1) is 10.4. The molecule has 5 nitrogen and oxygen atoms in total. The normalized spacial score (nSPS) is 12.0. The number of methoxy groups -OCH3 is 1. The number of ether oxygens (including phenoxy) is 1. The van der Waals surface area contributed by atoms with Gasteiger partial charge in [0.05, 0.1) is 7.11 Å². The Morgan fingerprint density at radius 1 is 1.45 bits per heavy atom. The van der Waals surface area contributed by atoms with Crippen molar-refractivity contribution in [2.24, 2.45) is 0 Å². The summed E-state index contributed by atoms with van der Waals surface area (Å²) in [6.45, 7) is 2.06. The van der Waals surface area contributed by atoms with Crippen LogP contribution < -0.4 is 4.90 Å². The van der Waals surface area contributed by atoms with Crippen molar-refractivity contribution in [2.45, 2.75) is 19.4 Å². The van der Waals surface area contributed by atoms with Crippen molar-refractivity contribution >= 4 is 34.0 Å². The van der Waals surface area contributed by atoms with Crippen LogP contribution in [0.5, 0.6) is 5.75 Å². The lowest BCUT2D eigenvalue weighted by molar-refractivity contribution is 0.0606. The maximum Gasteiger partial charge on any atom is 0.351 e. The van der Waals surface area contributed by atoms with Crippen molar-refractivity contribution in [3.05, 3.63) is 39.9 Å². The topological polar surface area (TPSA) is 62.7 Å². The third-order valence-corrected chi connectivity index (χ3v) is 4.89. The highest BCUT2D eigenvalue weighted by Gasteiger charge is 2.21. The molecule has 0 bridgehead atoms. The van der Waals surface area contributed by atoms with E-state index in [1.54, 1.807) is 12.1 Å². The Bertz CT molecular complexity index is 657. The van der Waals surface area contributed by atoms with E-state index in [0.29, 0.717) is 10.0 Å². The van der Waals surface area contributed by atoms with E-state index in [0.717, 1.165) is 12.0 Å². The van der Waals surface area contributed by atoms with Crippen molar-refractivity contribution in [1.29, 1.82) is 0 Å². The molecule has 1 aromatic heterocycles. The lowest BCUT2D eigenvalue weighted by Gasteiger charge is -2.24. The first-order valence-electron chi connectivity index (χ1n) is 6.67. The van der Waals surface area contributed by atoms with Crippen molar-refractivity contribution in [2.75, 3.05) is 19.1 Å². The number of hydrogen-bond acceptors (Lipinski definition) is 6. The maximum atomic E-state index is 11.6. The molecule has 1 aromatic carbocycles. The Hall–Kier alpha value is -1.79. The molecule has 0 aliphatic carbocycles. The molecule has 0 amide bonds. The molecule has 7 heteroatoms. The van der Waals surface area contributed by atoms with Gasteiger partial charge in [-0.05, 0) is 31.0 Å². The Morgan fingerprint density at radius 2 is 2.09 bits per heavy atom. The summed E-state index contributed by atoms with van der Waals surface area (Å²) in [5.41, 5.74) is 1.10. The van der Waals surface area contributed by atoms with Crippen LogP contribution in [0.4, 0.5) is 5.13 Å². The van der Waals surface area contributed by atoms with Gasteiger partial charge in [-0.3, -0.25) is 0 Å². The van der Waals surface area contributed by atoms with E-state index in [1.165, 1.54) is 18.4 Å². The van der Waals surface area contributed by atoms with Gasteiger partial charge in [-0.2, -0.15) is 0 Å². The van der Waals surface area contributed by atoms with Gasteiger partial charge in [-0.1, -0.05) is 35.1 Å². The highest BCUT2D eigenvalue weighted by Crippen LogP contribution is 2.31. The first kappa shape index (κ1) is 16.6. The summed E-state index contributed by atoms with van der Waals surface area (Å²) >= 11 is 7.20. The van der Waals surface area contributed by atoms with E-state index in [9.17, 15) is 9.90 Å². The fraction of sp³-hybridized carbons (Fsp3) is 0.333. The van der Waals surface area contributed by atoms with Crippen molar-refractivity contribution in [3.63, 3.8) is 0 Å². The first-order valence-corrected chi connectivity index (χ1v) is 7.87. The van der Waals surface area contributed by atoms with E-state index in [1.807, 2.05) is 24.1 Å². The minimum atomic E-state index is -0.478. The van der Waals surface area contributed by atoms with Gasteiger partial charge in [0.25, 0.3) is 0 Å². The van der Waals surface area contributed by atoms with Gasteiger partial charge in [0.1, 0.15) is 5.75 Å². The van der Waals surface area contributed by atoms with E-state index in [4.69, 9.17) is 11.6 Å². The molecule has 1 atom stereocenters. The maximum absolute atomic E-state index is 11.6. The molecule has 22 heavy (non-hydrogen) atoms. The minimum absolute atomic E-state index is 0.150. The van der Waals surface area contributed by atoms with E-state index in [2.05, 4.69) is 16.6 Å². The number of carbonyl (C=O) groups is 1. The van der Waals surface area contributed by atoms with Crippen LogP contribution in [0.3, 0.4) is 0 Å². The largest absolute Gasteiger partial charge is 0.508 e. The van der Waals surface area contributed by atoms with Gasteiger partial charge >= 0.3 is 5.97 Å². The summed E-state index contributed by atoms with van der Waals surface area (Å²) in [4.78, 5) is 18.1. The molecule has 0 spiro atoms. The molecule has 2 rings (SSSR count). The number of esters is 1. The van der Waals surface area contributed by atoms with Gasteiger partial charge < -0.3 is 14.7 Å². The van der Waals surface area contributed by atoms with Gasteiger partial charge in [0, 0.05) is 13.1 Å². The monoisotopic (exact) mass is 340 g/mol. The van der Waals surface area contributed by atoms with Gasteiger partial charge in [-0.25, -0.2) is 9.78 Å². The smallest absolute Gasteiger partial charge is 0.351 e. The van der Waals surface area contributed by atoms with Crippen molar-refractivity contribution < 1.29 is 14.6 Å². The number of thiazole rings is 1. The molecule has 0 saturated heterocycles. The quantitative estimate of drug-likeness (QED) is 0.846. The zero-order valence-electron chi connectivity index (χ0n) is 12.5. The van der Waals surface area contributed by atoms with Gasteiger partial charge in [0.15, 0.2) is 15.2 Å². The Morgan fingerprint density at radius 3 is 2.68 bits per heavy atom. The van der Waals surface area contributed by atoms with E-state index >= 15 is 0 Å². The number of likely N-dealkylation sites (N-methyl/N-ethyl adjacent to an activating group) is 1. The van der Waals surface area contributed by atoms with Crippen LogP contribution in [0.2, 0.25) is 5.15 Å². The molecule has 0 aliphatic heterocycles. The molecule has 0 saturated carbocycles. The number of anilines is 1. The highest BCUT2D eigenvalue weighted by atomic mass is 35.5. The predicted octanol–water partition coefficient (Wildman–Crippen LogP) is 3.36. The number of nitrogens with zero attached hydrogens (tertiary/aromatic N) is 2. The third-order valence-electron chi connectivity index (χ3n) is 3.38. The minimum Gasteiger partial charge on any atom is -0.508 e. The molecule has 0 radical (unpaired) electrons. The number of phenols is 1. The molecular weight excluding hydrogens is 324 g/mol. The number of aromatic hydroxyl groups is 1. The summed E-state index contributed by atoms with van der Waals surface area (Å²) in [5.74, 6) is -0.229. The average molecular weight is 341 g/mol. The number of benzene rings is 1. The standard InChI is InChI=1S/C15H17ClN2O3S/c1-9(8-10-4-6-11(19)7-5-10)18(2)15-17-13(16)12(22-15)14(20)21-3/h4-7,9,19H,8H2,1-3H3. The van der Waals surface area contributed by atoms with Crippen molar-refractivity contribution in [1.82, 2.24) is 4.98 Å². The van der Waals surface area contributed by atoms with Crippen molar-refractivity contribution in [3.8, 4) is 5.75 Å². The molecule has 1 unspecified atom stereocenters. The predicted molar refractivity (Wildman–Crippen MR) is 88.1 cm³/mol. The second kappa shape index (κ2) is 6.98. The fourth-order valence-corrected chi connectivity index (χ4v) is 3.22. The Balaban J connectivity index is 2.11. The van der Waals surface area contributed by atoms with Crippen LogP contribution in [0.15, 0.2) is 24.3 Å². The second-order valence-corrected chi connectivity index (χ2v) is 6.27. The number of carbonyl (C=O) groups excluding carboxylic acids is 1. The molecule has 1 heterocycles. The zero-order chi connectivity index (χ0) is 16.3. The van der Waals surface area contributed by atoms with Crippen LogP contribution in [0.1, 0.15) is 22.2 Å². The summed E-state index contributed by atoms with van der Waals surface area (Å²) < 4.78 is 4.68. The van der Waals surface area contributed by atoms with Crippen LogP contribution in [-0.2, 0) is 11.2 Å². The van der Waals surface area contributed by atoms with Gasteiger partial charge in [0.2, 0.25) is 0 Å². The van der Waals surface area contributed by atoms with Crippen LogP contribution in [0.25, 0.3) is 0 Å². The van der Waals surface area contributed by atoms with E-state index < -0.39 is 5.97 Å². The number of aromatic nitrogens is 1. The fourth-order valence-electron chi connectivity index (χ4n) is 1.96. The molecule has 0 aliphatic rings. The van der Waals surface area contributed by atoms with E-state index in [-0.39, 0.29) is 16.9 Å². The summed E-state index contributed by atoms with van der Waals surface area (Å²) in [5, 5.41) is 10.1. The second-order valence-electron chi connectivity index (χ2n) is 4.94. The average Bonchev–Trinajstić information content (AvgIpc) is 2.89. The number of phenolic OH excluding ortho intramolecular Hbond substituents is 1. The molecule has 118 valence electrons. The number of halogens is 1. The highest BCUT2D eigenvalue weighted by molar-refractivity contribution is 7.18. The molecular formula is C15H17ClN2O3S. The van der Waals surface area contributed by atoms with Crippen LogP contribution >= 0.6 is 22.9 Å². The lowest BCUT2D eigenvalue weighted by atomic mass is 10.1. The number of rotatable bonds is 5. The SMILES string of the molecule is COC(=O)c1sc(N(C)C(C)Cc2ccc(O)cc2)nc1Cl. The summed E-state index contributed by atoms with van der Waals surface area (Å²) in [7, 11) is 3.22. The molecule has 0 fully saturated rings. The van der Waals surface area contributed by atoms with Crippen LogP contribution in [-0.4, -0.2) is 36.3 Å².